The molecule has 3 atom stereocenters. The molecule has 0 aliphatic carbocycles. The number of unbranched alkanes of at least 4 members (excludes halogenated alkanes) is 24. The van der Waals surface area contributed by atoms with Crippen LogP contribution in [0, 0.1) is 0 Å². The Bertz CT molecular complexity index is 1180. The minimum atomic E-state index is -4.35. The molecule has 356 valence electrons. The zero-order valence-electron chi connectivity index (χ0n) is 40.4. The molecule has 0 heterocycles. The highest BCUT2D eigenvalue weighted by atomic mass is 31.2. The monoisotopic (exact) mass is 878 g/mol. The van der Waals surface area contributed by atoms with Gasteiger partial charge >= 0.3 is 7.82 Å². The number of hydrogen-bond donors (Lipinski definition) is 3. The van der Waals surface area contributed by atoms with E-state index in [0.717, 1.165) is 57.8 Å². The molecule has 8 nitrogen and oxygen atoms in total. The molecular weight excluding hydrogens is 780 g/mol. The van der Waals surface area contributed by atoms with E-state index in [9.17, 15) is 19.4 Å². The van der Waals surface area contributed by atoms with Gasteiger partial charge < -0.3 is 19.8 Å². The molecule has 0 aromatic carbocycles. The van der Waals surface area contributed by atoms with Gasteiger partial charge in [-0.05, 0) is 70.6 Å². The van der Waals surface area contributed by atoms with Gasteiger partial charge in [0.05, 0.1) is 39.9 Å². The molecule has 0 rings (SSSR count). The van der Waals surface area contributed by atoms with Crippen molar-refractivity contribution < 1.29 is 32.9 Å². The maximum atomic E-state index is 12.9. The van der Waals surface area contributed by atoms with Gasteiger partial charge in [0, 0.05) is 6.42 Å². The summed E-state index contributed by atoms with van der Waals surface area (Å²) < 4.78 is 23.6. The number of likely N-dealkylation sites (N-methyl/N-ethyl adjacent to an activating group) is 1. The van der Waals surface area contributed by atoms with Crippen molar-refractivity contribution in [3.05, 3.63) is 60.8 Å². The number of aliphatic hydroxyl groups is 1. The van der Waals surface area contributed by atoms with Crippen LogP contribution in [0.15, 0.2) is 60.8 Å². The molecule has 0 saturated heterocycles. The number of amides is 1. The second kappa shape index (κ2) is 43.5. The van der Waals surface area contributed by atoms with Crippen molar-refractivity contribution in [3.8, 4) is 0 Å². The second-order valence-electron chi connectivity index (χ2n) is 18.1. The Morgan fingerprint density at radius 3 is 1.49 bits per heavy atom. The van der Waals surface area contributed by atoms with E-state index in [4.69, 9.17) is 9.05 Å². The summed E-state index contributed by atoms with van der Waals surface area (Å²) in [5, 5.41) is 13.9. The number of nitrogens with zero attached hydrogens (tertiary/aromatic N) is 1. The standard InChI is InChI=1S/C52H97N2O6P/c1-6-8-10-12-14-16-18-20-22-24-26-27-28-30-32-34-36-38-40-42-44-46-52(56)53-50(49-60-61(57,58)59-48-47-54(3,4)5)51(55)45-43-41-39-37-35-33-31-29-25-23-21-19-17-15-13-11-9-7-2/h8,10,14,16,25,29,35,37,43,45,50-51,55H,6-7,9,11-13,15,17-24,26-28,30-34,36,38-42,44,46-49H2,1-5H3,(H-,53,56,57,58)/p+1/b10-8-,16-14-,29-25+,37-35+,45-43+. The first-order valence-corrected chi connectivity index (χ1v) is 26.7. The summed E-state index contributed by atoms with van der Waals surface area (Å²) in [5.74, 6) is -0.193. The highest BCUT2D eigenvalue weighted by Crippen LogP contribution is 2.43. The molecule has 0 saturated carbocycles. The van der Waals surface area contributed by atoms with Crippen LogP contribution in [0.4, 0.5) is 0 Å². The summed E-state index contributed by atoms with van der Waals surface area (Å²) in [4.78, 5) is 23.2. The number of carbonyl (C=O) groups is 1. The van der Waals surface area contributed by atoms with Crippen molar-refractivity contribution in [1.29, 1.82) is 0 Å². The fourth-order valence-electron chi connectivity index (χ4n) is 6.99. The van der Waals surface area contributed by atoms with E-state index in [0.29, 0.717) is 17.4 Å². The lowest BCUT2D eigenvalue weighted by atomic mass is 10.0. The molecule has 0 aromatic heterocycles. The van der Waals surface area contributed by atoms with Gasteiger partial charge in [0.1, 0.15) is 13.2 Å². The van der Waals surface area contributed by atoms with Crippen molar-refractivity contribution in [2.45, 2.75) is 225 Å². The highest BCUT2D eigenvalue weighted by molar-refractivity contribution is 7.47. The zero-order valence-corrected chi connectivity index (χ0v) is 41.3. The molecular formula is C52H98N2O6P+. The molecule has 0 bridgehead atoms. The largest absolute Gasteiger partial charge is 0.472 e. The Kier molecular flexibility index (Phi) is 42.2. The van der Waals surface area contributed by atoms with E-state index in [2.05, 4.69) is 67.8 Å². The predicted octanol–water partition coefficient (Wildman–Crippen LogP) is 14.6. The smallest absolute Gasteiger partial charge is 0.387 e. The lowest BCUT2D eigenvalue weighted by Gasteiger charge is -2.25. The van der Waals surface area contributed by atoms with Crippen molar-refractivity contribution in [3.63, 3.8) is 0 Å². The molecule has 0 fully saturated rings. The van der Waals surface area contributed by atoms with Gasteiger partial charge in [0.25, 0.3) is 0 Å². The third-order valence-electron chi connectivity index (χ3n) is 10.9. The predicted molar refractivity (Wildman–Crippen MR) is 263 cm³/mol. The molecule has 0 radical (unpaired) electrons. The van der Waals surface area contributed by atoms with Gasteiger partial charge in [-0.3, -0.25) is 13.8 Å². The van der Waals surface area contributed by atoms with Crippen LogP contribution in [-0.2, 0) is 18.4 Å². The number of phosphoric ester groups is 1. The summed E-state index contributed by atoms with van der Waals surface area (Å²) in [6.07, 6.45) is 57.3. The molecule has 0 aliphatic heterocycles. The van der Waals surface area contributed by atoms with Gasteiger partial charge in [-0.2, -0.15) is 0 Å². The maximum Gasteiger partial charge on any atom is 0.472 e. The van der Waals surface area contributed by atoms with Gasteiger partial charge in [-0.1, -0.05) is 197 Å². The van der Waals surface area contributed by atoms with E-state index in [1.165, 1.54) is 135 Å². The van der Waals surface area contributed by atoms with Crippen molar-refractivity contribution in [1.82, 2.24) is 5.32 Å². The van der Waals surface area contributed by atoms with Gasteiger partial charge in [0.2, 0.25) is 5.91 Å². The number of nitrogens with one attached hydrogen (secondary N) is 1. The number of phosphoric acid groups is 1. The van der Waals surface area contributed by atoms with Crippen LogP contribution in [0.5, 0.6) is 0 Å². The summed E-state index contributed by atoms with van der Waals surface area (Å²) >= 11 is 0. The summed E-state index contributed by atoms with van der Waals surface area (Å²) in [5.41, 5.74) is 0. The topological polar surface area (TPSA) is 105 Å². The van der Waals surface area contributed by atoms with Crippen molar-refractivity contribution in [2.24, 2.45) is 0 Å². The minimum absolute atomic E-state index is 0.0521. The molecule has 3 N–H and O–H groups in total. The molecule has 3 unspecified atom stereocenters. The number of aliphatic hydroxyl groups excluding tert-OH is 1. The molecule has 0 aromatic rings. The summed E-state index contributed by atoms with van der Waals surface area (Å²) in [7, 11) is 1.54. The molecule has 1 amide bonds. The normalized spacial score (nSPS) is 14.7. The first-order chi connectivity index (χ1) is 29.5. The maximum absolute atomic E-state index is 12.9. The Labute approximate surface area is 377 Å². The van der Waals surface area contributed by atoms with Crippen LogP contribution in [0.1, 0.15) is 213 Å². The van der Waals surface area contributed by atoms with E-state index < -0.39 is 20.0 Å². The number of hydrogen-bond acceptors (Lipinski definition) is 5. The van der Waals surface area contributed by atoms with Crippen LogP contribution < -0.4 is 5.32 Å². The lowest BCUT2D eigenvalue weighted by Crippen LogP contribution is -2.45. The Morgan fingerprint density at radius 2 is 1.00 bits per heavy atom. The average Bonchev–Trinajstić information content (AvgIpc) is 3.21. The number of quaternary nitrogens is 1. The number of allylic oxidation sites excluding steroid dienone is 9. The van der Waals surface area contributed by atoms with Crippen LogP contribution in [0.25, 0.3) is 0 Å². The van der Waals surface area contributed by atoms with Gasteiger partial charge in [-0.25, -0.2) is 4.57 Å². The van der Waals surface area contributed by atoms with Gasteiger partial charge in [-0.15, -0.1) is 0 Å². The summed E-state index contributed by atoms with van der Waals surface area (Å²) in [6.45, 7) is 4.68. The molecule has 0 spiro atoms. The average molecular weight is 878 g/mol. The number of rotatable bonds is 45. The quantitative estimate of drug-likeness (QED) is 0.0244. The van der Waals surface area contributed by atoms with Crippen LogP contribution >= 0.6 is 7.82 Å². The fraction of sp³-hybridized carbons (Fsp3) is 0.788. The van der Waals surface area contributed by atoms with E-state index in [1.54, 1.807) is 6.08 Å². The Hall–Kier alpha value is -1.80. The first kappa shape index (κ1) is 59.2. The Balaban J connectivity index is 4.37. The molecule has 9 heteroatoms. The van der Waals surface area contributed by atoms with Crippen LogP contribution in [0.3, 0.4) is 0 Å². The highest BCUT2D eigenvalue weighted by Gasteiger charge is 2.27. The first-order valence-electron chi connectivity index (χ1n) is 25.2. The fourth-order valence-corrected chi connectivity index (χ4v) is 7.73. The van der Waals surface area contributed by atoms with Crippen LogP contribution in [0.2, 0.25) is 0 Å². The Morgan fingerprint density at radius 1 is 0.574 bits per heavy atom. The van der Waals surface area contributed by atoms with Gasteiger partial charge in [0.15, 0.2) is 0 Å². The SMILES string of the molecule is CC/C=C\C/C=C\CCCCCCCCCCCCCCCCC(=O)NC(COP(=O)(O)OCC[N+](C)(C)C)C(O)/C=C/CC/C=C/CC/C=C/CCCCCCCCCC. The molecule has 61 heavy (non-hydrogen) atoms. The van der Waals surface area contributed by atoms with E-state index in [1.807, 2.05) is 27.2 Å². The van der Waals surface area contributed by atoms with E-state index >= 15 is 0 Å². The van der Waals surface area contributed by atoms with Crippen LogP contribution in [-0.4, -0.2) is 73.4 Å². The van der Waals surface area contributed by atoms with E-state index in [-0.39, 0.29) is 19.1 Å². The third-order valence-corrected chi connectivity index (χ3v) is 11.9. The third kappa shape index (κ3) is 46.0. The van der Waals surface area contributed by atoms with Crippen molar-refractivity contribution in [2.75, 3.05) is 40.9 Å². The number of carbonyl (C=O) groups excluding carboxylic acids is 1. The molecule has 0 aliphatic rings. The summed E-state index contributed by atoms with van der Waals surface area (Å²) in [6, 6.07) is -0.871. The zero-order chi connectivity index (χ0) is 45.0. The minimum Gasteiger partial charge on any atom is -0.387 e. The second-order valence-corrected chi connectivity index (χ2v) is 19.6. The lowest BCUT2D eigenvalue weighted by molar-refractivity contribution is -0.870. The van der Waals surface area contributed by atoms with Crippen molar-refractivity contribution >= 4 is 13.7 Å².